The topological polar surface area (TPSA) is 33.1 Å². The number of hydrogen-bond acceptors (Lipinski definition) is 3. The zero-order valence-electron chi connectivity index (χ0n) is 13.0. The largest absolute Gasteiger partial charge is 0.311 e. The molecule has 0 bridgehead atoms. The van der Waals surface area contributed by atoms with Gasteiger partial charge in [-0.05, 0) is 25.3 Å². The molecule has 1 N–H and O–H groups in total. The van der Waals surface area contributed by atoms with Gasteiger partial charge in [0, 0.05) is 38.8 Å². The summed E-state index contributed by atoms with van der Waals surface area (Å²) in [4.78, 5) is 2.62. The molecule has 4 nitrogen and oxygen atoms in total. The molecule has 1 aromatic rings. The molecule has 0 radical (unpaired) electrons. The number of aromatic nitrogens is 2. The quantitative estimate of drug-likeness (QED) is 0.902. The first kappa shape index (κ1) is 14.5. The van der Waals surface area contributed by atoms with E-state index in [-0.39, 0.29) is 0 Å². The summed E-state index contributed by atoms with van der Waals surface area (Å²) in [6.07, 6.45) is 1.20. The summed E-state index contributed by atoms with van der Waals surface area (Å²) in [6.45, 7) is 12.2. The second-order valence-electron chi connectivity index (χ2n) is 6.15. The number of nitrogens with one attached hydrogen (secondary N) is 1. The summed E-state index contributed by atoms with van der Waals surface area (Å²) in [5, 5.41) is 8.15. The van der Waals surface area contributed by atoms with Gasteiger partial charge in [0.15, 0.2) is 0 Å². The van der Waals surface area contributed by atoms with E-state index in [0.717, 1.165) is 25.3 Å². The highest BCUT2D eigenvalue weighted by Gasteiger charge is 2.28. The summed E-state index contributed by atoms with van der Waals surface area (Å²) < 4.78 is 2.02. The molecule has 1 aliphatic rings. The highest BCUT2D eigenvalue weighted by molar-refractivity contribution is 5.09. The first-order valence-corrected chi connectivity index (χ1v) is 7.48. The second kappa shape index (κ2) is 6.06. The van der Waals surface area contributed by atoms with Crippen molar-refractivity contribution in [3.8, 4) is 0 Å². The lowest BCUT2D eigenvalue weighted by Crippen LogP contribution is -2.57. The molecule has 2 rings (SSSR count). The number of rotatable bonds is 4. The SMILES string of the molecule is CCC1CNC(C(C)C)CN1Cc1cc(C)nn1C. The van der Waals surface area contributed by atoms with Crippen molar-refractivity contribution in [3.63, 3.8) is 0 Å². The fourth-order valence-electron chi connectivity index (χ4n) is 2.95. The van der Waals surface area contributed by atoms with Crippen LogP contribution in [0.2, 0.25) is 0 Å². The van der Waals surface area contributed by atoms with Crippen LogP contribution in [0.3, 0.4) is 0 Å². The summed E-state index contributed by atoms with van der Waals surface area (Å²) in [5.74, 6) is 0.688. The molecule has 2 heterocycles. The van der Waals surface area contributed by atoms with Gasteiger partial charge in [-0.1, -0.05) is 20.8 Å². The van der Waals surface area contributed by atoms with Gasteiger partial charge in [-0.15, -0.1) is 0 Å². The van der Waals surface area contributed by atoms with E-state index in [0.29, 0.717) is 18.0 Å². The molecule has 1 aliphatic heterocycles. The molecule has 1 aromatic heterocycles. The first-order chi connectivity index (χ1) is 9.01. The van der Waals surface area contributed by atoms with Gasteiger partial charge in [0.05, 0.1) is 11.4 Å². The van der Waals surface area contributed by atoms with Gasteiger partial charge in [-0.2, -0.15) is 5.10 Å². The lowest BCUT2D eigenvalue weighted by atomic mass is 9.98. The molecule has 2 unspecified atom stereocenters. The third kappa shape index (κ3) is 3.37. The Labute approximate surface area is 117 Å². The van der Waals surface area contributed by atoms with Crippen molar-refractivity contribution < 1.29 is 0 Å². The molecule has 19 heavy (non-hydrogen) atoms. The van der Waals surface area contributed by atoms with Crippen molar-refractivity contribution >= 4 is 0 Å². The van der Waals surface area contributed by atoms with Crippen LogP contribution in [0.5, 0.6) is 0 Å². The Morgan fingerprint density at radius 2 is 2.21 bits per heavy atom. The molecule has 108 valence electrons. The standard InChI is InChI=1S/C15H28N4/c1-6-13-8-16-15(11(2)3)10-19(13)9-14-7-12(4)17-18(14)5/h7,11,13,15-16H,6,8-10H2,1-5H3. The molecule has 0 aromatic carbocycles. The van der Waals surface area contributed by atoms with Crippen LogP contribution >= 0.6 is 0 Å². The monoisotopic (exact) mass is 264 g/mol. The van der Waals surface area contributed by atoms with E-state index in [1.165, 1.54) is 12.1 Å². The third-order valence-electron chi connectivity index (χ3n) is 4.30. The lowest BCUT2D eigenvalue weighted by Gasteiger charge is -2.41. The average molecular weight is 264 g/mol. The zero-order valence-corrected chi connectivity index (χ0v) is 13.0. The summed E-state index contributed by atoms with van der Waals surface area (Å²) in [7, 11) is 2.05. The van der Waals surface area contributed by atoms with Crippen LogP contribution in [0.25, 0.3) is 0 Å². The Hall–Kier alpha value is -0.870. The van der Waals surface area contributed by atoms with Crippen LogP contribution in [0.4, 0.5) is 0 Å². The first-order valence-electron chi connectivity index (χ1n) is 7.48. The van der Waals surface area contributed by atoms with Crippen molar-refractivity contribution in [2.24, 2.45) is 13.0 Å². The van der Waals surface area contributed by atoms with Crippen molar-refractivity contribution in [2.75, 3.05) is 13.1 Å². The molecule has 0 amide bonds. The Morgan fingerprint density at radius 1 is 1.47 bits per heavy atom. The average Bonchev–Trinajstić information content (AvgIpc) is 2.67. The van der Waals surface area contributed by atoms with E-state index in [1.54, 1.807) is 0 Å². The Bertz CT molecular complexity index is 410. The minimum atomic E-state index is 0.608. The van der Waals surface area contributed by atoms with Crippen molar-refractivity contribution in [2.45, 2.75) is 52.7 Å². The summed E-state index contributed by atoms with van der Waals surface area (Å²) in [5.41, 5.74) is 2.43. The minimum absolute atomic E-state index is 0.608. The van der Waals surface area contributed by atoms with Gasteiger partial charge >= 0.3 is 0 Å². The fraction of sp³-hybridized carbons (Fsp3) is 0.800. The predicted molar refractivity (Wildman–Crippen MR) is 79.1 cm³/mol. The van der Waals surface area contributed by atoms with E-state index in [2.05, 4.69) is 49.1 Å². The molecular formula is C15H28N4. The Morgan fingerprint density at radius 3 is 2.74 bits per heavy atom. The van der Waals surface area contributed by atoms with Crippen molar-refractivity contribution in [1.29, 1.82) is 0 Å². The van der Waals surface area contributed by atoms with Gasteiger partial charge in [-0.3, -0.25) is 9.58 Å². The van der Waals surface area contributed by atoms with Gasteiger partial charge in [0.25, 0.3) is 0 Å². The second-order valence-corrected chi connectivity index (χ2v) is 6.15. The maximum Gasteiger partial charge on any atom is 0.0597 e. The Kier molecular flexibility index (Phi) is 4.63. The summed E-state index contributed by atoms with van der Waals surface area (Å²) >= 11 is 0. The molecule has 0 aliphatic carbocycles. The molecule has 0 spiro atoms. The highest BCUT2D eigenvalue weighted by atomic mass is 15.3. The third-order valence-corrected chi connectivity index (χ3v) is 4.30. The maximum atomic E-state index is 4.46. The number of piperazine rings is 1. The van der Waals surface area contributed by atoms with E-state index in [1.807, 2.05) is 11.7 Å². The zero-order chi connectivity index (χ0) is 14.0. The molecular weight excluding hydrogens is 236 g/mol. The normalized spacial score (nSPS) is 25.2. The van der Waals surface area contributed by atoms with Crippen LogP contribution in [-0.2, 0) is 13.6 Å². The van der Waals surface area contributed by atoms with Crippen LogP contribution in [0.1, 0.15) is 38.6 Å². The highest BCUT2D eigenvalue weighted by Crippen LogP contribution is 2.18. The summed E-state index contributed by atoms with van der Waals surface area (Å²) in [6, 6.07) is 3.46. The van der Waals surface area contributed by atoms with Crippen LogP contribution in [0, 0.1) is 12.8 Å². The Balaban J connectivity index is 2.08. The molecule has 1 fully saturated rings. The van der Waals surface area contributed by atoms with Crippen LogP contribution in [0.15, 0.2) is 6.07 Å². The van der Waals surface area contributed by atoms with E-state index in [9.17, 15) is 0 Å². The van der Waals surface area contributed by atoms with E-state index >= 15 is 0 Å². The van der Waals surface area contributed by atoms with E-state index < -0.39 is 0 Å². The number of aryl methyl sites for hydroxylation is 2. The number of nitrogens with zero attached hydrogens (tertiary/aromatic N) is 3. The lowest BCUT2D eigenvalue weighted by molar-refractivity contribution is 0.101. The van der Waals surface area contributed by atoms with Crippen molar-refractivity contribution in [3.05, 3.63) is 17.5 Å². The molecule has 0 saturated carbocycles. The minimum Gasteiger partial charge on any atom is -0.311 e. The smallest absolute Gasteiger partial charge is 0.0597 e. The number of hydrogen-bond donors (Lipinski definition) is 1. The van der Waals surface area contributed by atoms with Gasteiger partial charge in [-0.25, -0.2) is 0 Å². The van der Waals surface area contributed by atoms with Crippen molar-refractivity contribution in [1.82, 2.24) is 20.0 Å². The molecule has 2 atom stereocenters. The predicted octanol–water partition coefficient (Wildman–Crippen LogP) is 1.94. The van der Waals surface area contributed by atoms with Gasteiger partial charge in [0.1, 0.15) is 0 Å². The fourth-order valence-corrected chi connectivity index (χ4v) is 2.95. The maximum absolute atomic E-state index is 4.46. The van der Waals surface area contributed by atoms with E-state index in [4.69, 9.17) is 0 Å². The van der Waals surface area contributed by atoms with Gasteiger partial charge < -0.3 is 5.32 Å². The molecule has 4 heteroatoms. The van der Waals surface area contributed by atoms with Gasteiger partial charge in [0.2, 0.25) is 0 Å². The molecule has 1 saturated heterocycles. The van der Waals surface area contributed by atoms with Crippen LogP contribution in [-0.4, -0.2) is 39.9 Å². The van der Waals surface area contributed by atoms with Crippen LogP contribution < -0.4 is 5.32 Å².